The molecule has 2 aliphatic rings. The zero-order valence-electron chi connectivity index (χ0n) is 20.9. The number of hydrogen-bond donors (Lipinski definition) is 1. The number of benzene rings is 2. The summed E-state index contributed by atoms with van der Waals surface area (Å²) in [6.45, 7) is 0. The first-order valence-electron chi connectivity index (χ1n) is 13.2. The van der Waals surface area contributed by atoms with Crippen LogP contribution in [0.2, 0.25) is 0 Å². The van der Waals surface area contributed by atoms with Gasteiger partial charge in [0.25, 0.3) is 17.2 Å². The second kappa shape index (κ2) is 11.5. The zero-order valence-corrected chi connectivity index (χ0v) is 21.7. The predicted molar refractivity (Wildman–Crippen MR) is 145 cm³/mol. The van der Waals surface area contributed by atoms with E-state index in [0.29, 0.717) is 27.4 Å². The van der Waals surface area contributed by atoms with E-state index in [1.54, 1.807) is 30.3 Å². The quantitative estimate of drug-likeness (QED) is 0.173. The number of non-ortho nitro benzene ring substituents is 1. The number of aromatic nitrogens is 2. The number of rotatable bonds is 7. The van der Waals surface area contributed by atoms with Crippen molar-refractivity contribution in [3.63, 3.8) is 0 Å². The predicted octanol–water partition coefficient (Wildman–Crippen LogP) is 6.16. The summed E-state index contributed by atoms with van der Waals surface area (Å²) in [6.07, 6.45) is 10.7. The Morgan fingerprint density at radius 1 is 1.03 bits per heavy atom. The van der Waals surface area contributed by atoms with Crippen LogP contribution in [0.15, 0.2) is 52.4 Å². The largest absolute Gasteiger partial charge is 0.349 e. The molecule has 0 spiro atoms. The summed E-state index contributed by atoms with van der Waals surface area (Å²) in [5, 5.41) is 15.5. The molecule has 194 valence electrons. The van der Waals surface area contributed by atoms with Gasteiger partial charge in [-0.05, 0) is 49.4 Å². The Balaban J connectivity index is 1.48. The zero-order chi connectivity index (χ0) is 25.8. The Labute approximate surface area is 220 Å². The normalized spacial score (nSPS) is 17.1. The number of fused-ring (bicyclic) bond motifs is 1. The number of carbonyl (C=O) groups excluding carboxylic acids is 1. The third-order valence-electron chi connectivity index (χ3n) is 7.50. The molecule has 1 amide bonds. The first-order valence-corrected chi connectivity index (χ1v) is 14.2. The molecule has 9 heteroatoms. The highest BCUT2D eigenvalue weighted by molar-refractivity contribution is 7.98. The minimum absolute atomic E-state index is 0.0443. The molecule has 37 heavy (non-hydrogen) atoms. The number of amides is 1. The summed E-state index contributed by atoms with van der Waals surface area (Å²) in [7, 11) is 0. The van der Waals surface area contributed by atoms with Gasteiger partial charge < -0.3 is 5.32 Å². The molecule has 2 saturated carbocycles. The lowest BCUT2D eigenvalue weighted by Gasteiger charge is -2.26. The van der Waals surface area contributed by atoms with Crippen molar-refractivity contribution in [2.24, 2.45) is 0 Å². The molecule has 0 atom stereocenters. The van der Waals surface area contributed by atoms with Crippen LogP contribution in [0.5, 0.6) is 0 Å². The second-order valence-electron chi connectivity index (χ2n) is 10.1. The van der Waals surface area contributed by atoms with E-state index in [0.717, 1.165) is 56.9 Å². The van der Waals surface area contributed by atoms with Crippen LogP contribution in [0.3, 0.4) is 0 Å². The van der Waals surface area contributed by atoms with Gasteiger partial charge in [-0.3, -0.25) is 24.3 Å². The molecule has 0 bridgehead atoms. The van der Waals surface area contributed by atoms with Crippen molar-refractivity contribution in [1.82, 2.24) is 14.9 Å². The molecule has 8 nitrogen and oxygen atoms in total. The number of hydrogen-bond acceptors (Lipinski definition) is 6. The Kier molecular flexibility index (Phi) is 7.88. The first-order chi connectivity index (χ1) is 18.0. The van der Waals surface area contributed by atoms with E-state index in [1.807, 2.05) is 10.6 Å². The average Bonchev–Trinajstić information content (AvgIpc) is 2.93. The molecule has 0 saturated heterocycles. The molecule has 2 aliphatic carbocycles. The standard InChI is InChI=1S/C28H32N4O4S/c33-26(29-21-9-3-1-4-10-21)20-14-15-24-25(17-20)30-28(31(27(24)34)22-11-5-2-6-12-22)37-18-19-8-7-13-23(16-19)32(35)36/h7-8,13-17,21-22H,1-6,9-12,18H2,(H,29,33). The molecular weight excluding hydrogens is 488 g/mol. The summed E-state index contributed by atoms with van der Waals surface area (Å²) < 4.78 is 1.82. The van der Waals surface area contributed by atoms with E-state index < -0.39 is 4.92 Å². The lowest BCUT2D eigenvalue weighted by atomic mass is 9.95. The monoisotopic (exact) mass is 520 g/mol. The maximum Gasteiger partial charge on any atom is 0.269 e. The second-order valence-corrected chi connectivity index (χ2v) is 11.1. The van der Waals surface area contributed by atoms with Gasteiger partial charge in [-0.15, -0.1) is 0 Å². The number of nitrogens with zero attached hydrogens (tertiary/aromatic N) is 3. The minimum atomic E-state index is -0.402. The molecule has 0 radical (unpaired) electrons. The molecule has 1 N–H and O–H groups in total. The summed E-state index contributed by atoms with van der Waals surface area (Å²) in [5.41, 5.74) is 1.77. The molecule has 2 aromatic carbocycles. The van der Waals surface area contributed by atoms with E-state index in [1.165, 1.54) is 30.7 Å². The Bertz CT molecular complexity index is 1360. The van der Waals surface area contributed by atoms with Gasteiger partial charge >= 0.3 is 0 Å². The Morgan fingerprint density at radius 2 is 1.76 bits per heavy atom. The van der Waals surface area contributed by atoms with Crippen molar-refractivity contribution in [1.29, 1.82) is 0 Å². The van der Waals surface area contributed by atoms with Crippen LogP contribution < -0.4 is 10.9 Å². The highest BCUT2D eigenvalue weighted by atomic mass is 32.2. The Hall–Kier alpha value is -3.20. The van der Waals surface area contributed by atoms with Gasteiger partial charge in [0, 0.05) is 35.5 Å². The van der Waals surface area contributed by atoms with Gasteiger partial charge in [0.15, 0.2) is 5.16 Å². The number of carbonyl (C=O) groups is 1. The molecular formula is C28H32N4O4S. The molecule has 1 heterocycles. The number of nitro benzene ring substituents is 1. The number of nitro groups is 1. The van der Waals surface area contributed by atoms with Crippen molar-refractivity contribution in [3.05, 3.63) is 74.1 Å². The Morgan fingerprint density at radius 3 is 2.49 bits per heavy atom. The fourth-order valence-corrected chi connectivity index (χ4v) is 6.52. The van der Waals surface area contributed by atoms with Gasteiger partial charge in [0.1, 0.15) is 0 Å². The van der Waals surface area contributed by atoms with Crippen LogP contribution in [0.1, 0.15) is 86.2 Å². The van der Waals surface area contributed by atoms with Crippen molar-refractivity contribution >= 4 is 34.3 Å². The lowest BCUT2D eigenvalue weighted by Crippen LogP contribution is -2.36. The van der Waals surface area contributed by atoms with Gasteiger partial charge in [-0.25, -0.2) is 4.98 Å². The van der Waals surface area contributed by atoms with Crippen molar-refractivity contribution < 1.29 is 9.72 Å². The van der Waals surface area contributed by atoms with Crippen molar-refractivity contribution in [2.45, 2.75) is 87.2 Å². The third kappa shape index (κ3) is 5.87. The van der Waals surface area contributed by atoms with E-state index in [2.05, 4.69) is 5.32 Å². The van der Waals surface area contributed by atoms with Crippen molar-refractivity contribution in [3.8, 4) is 0 Å². The van der Waals surface area contributed by atoms with Gasteiger partial charge in [-0.1, -0.05) is 62.4 Å². The van der Waals surface area contributed by atoms with E-state index >= 15 is 0 Å². The summed E-state index contributed by atoms with van der Waals surface area (Å²) in [4.78, 5) is 42.4. The third-order valence-corrected chi connectivity index (χ3v) is 8.52. The van der Waals surface area contributed by atoms with Crippen LogP contribution in [0.25, 0.3) is 10.9 Å². The maximum absolute atomic E-state index is 13.7. The van der Waals surface area contributed by atoms with Gasteiger partial charge in [0.2, 0.25) is 0 Å². The average molecular weight is 521 g/mol. The van der Waals surface area contributed by atoms with Gasteiger partial charge in [0.05, 0.1) is 15.8 Å². The number of thioether (sulfide) groups is 1. The molecule has 1 aromatic heterocycles. The fraction of sp³-hybridized carbons (Fsp3) is 0.464. The molecule has 3 aromatic rings. The topological polar surface area (TPSA) is 107 Å². The lowest BCUT2D eigenvalue weighted by molar-refractivity contribution is -0.384. The summed E-state index contributed by atoms with van der Waals surface area (Å²) in [5.74, 6) is 0.326. The maximum atomic E-state index is 13.7. The summed E-state index contributed by atoms with van der Waals surface area (Å²) in [6, 6.07) is 12.0. The molecule has 2 fully saturated rings. The van der Waals surface area contributed by atoms with Gasteiger partial charge in [-0.2, -0.15) is 0 Å². The number of nitrogens with one attached hydrogen (secondary N) is 1. The molecule has 5 rings (SSSR count). The highest BCUT2D eigenvalue weighted by Crippen LogP contribution is 2.32. The first kappa shape index (κ1) is 25.4. The minimum Gasteiger partial charge on any atom is -0.349 e. The SMILES string of the molecule is O=C(NC1CCCCC1)c1ccc2c(=O)n(C3CCCCC3)c(SCc3cccc([N+](=O)[O-])c3)nc2c1. The molecule has 0 unspecified atom stereocenters. The highest BCUT2D eigenvalue weighted by Gasteiger charge is 2.23. The molecule has 0 aliphatic heterocycles. The van der Waals surface area contributed by atoms with E-state index in [9.17, 15) is 19.7 Å². The van der Waals surface area contributed by atoms with Crippen LogP contribution in [0, 0.1) is 10.1 Å². The van der Waals surface area contributed by atoms with E-state index in [4.69, 9.17) is 4.98 Å². The smallest absolute Gasteiger partial charge is 0.269 e. The fourth-order valence-electron chi connectivity index (χ4n) is 5.51. The van der Waals surface area contributed by atoms with Crippen LogP contribution >= 0.6 is 11.8 Å². The van der Waals surface area contributed by atoms with Crippen molar-refractivity contribution in [2.75, 3.05) is 0 Å². The summed E-state index contributed by atoms with van der Waals surface area (Å²) >= 11 is 1.41. The van der Waals surface area contributed by atoms with Crippen LogP contribution in [-0.4, -0.2) is 26.4 Å². The van der Waals surface area contributed by atoms with Crippen LogP contribution in [-0.2, 0) is 5.75 Å². The van der Waals surface area contributed by atoms with E-state index in [-0.39, 0.29) is 29.2 Å². The van der Waals surface area contributed by atoms with Crippen LogP contribution in [0.4, 0.5) is 5.69 Å².